The van der Waals surface area contributed by atoms with Gasteiger partial charge in [-0.15, -0.1) is 0 Å². The van der Waals surface area contributed by atoms with Crippen molar-refractivity contribution in [1.82, 2.24) is 14.7 Å². The summed E-state index contributed by atoms with van der Waals surface area (Å²) in [4.78, 5) is 58.0. The SMILES string of the molecule is CC(C)(C)OC(=O)N1CC=C[C@@H](N2c3ccccc3[B]c3ccccc32)C1.CC(C)(C)OC(=O)N1C[C@H](O)[C@H](O)[C@@H](N2c3ccccc3[B]c3ccccc32)C1.CC(C)(C)OC(=O)OC1C=CCN(C(=O)OC(C)(C)C)C1.[B]1c2ccccc2Nc2ccccc21. The lowest BCUT2D eigenvalue weighted by Gasteiger charge is -2.47. The zero-order chi connectivity index (χ0) is 65.4. The lowest BCUT2D eigenvalue weighted by Crippen LogP contribution is -2.63. The van der Waals surface area contributed by atoms with Crippen LogP contribution in [-0.2, 0) is 23.7 Å². The molecule has 17 nitrogen and oxygen atoms in total. The van der Waals surface area contributed by atoms with Gasteiger partial charge < -0.3 is 63.7 Å². The zero-order valence-electron chi connectivity index (χ0n) is 54.3. The smallest absolute Gasteiger partial charge is 0.444 e. The number of hydrogen-bond donors (Lipinski definition) is 3. The summed E-state index contributed by atoms with van der Waals surface area (Å²) in [6.45, 7) is 24.0. The molecule has 0 aliphatic carbocycles. The lowest BCUT2D eigenvalue weighted by atomic mass is 9.60. The van der Waals surface area contributed by atoms with Crippen molar-refractivity contribution in [3.05, 3.63) is 170 Å². The second-order valence-electron chi connectivity index (χ2n) is 27.0. The van der Waals surface area contributed by atoms with E-state index in [1.54, 1.807) is 58.6 Å². The highest BCUT2D eigenvalue weighted by Gasteiger charge is 2.44. The molecule has 3 radical (unpaired) electrons. The number of para-hydroxylation sites is 6. The third kappa shape index (κ3) is 17.9. The van der Waals surface area contributed by atoms with E-state index in [4.69, 9.17) is 23.7 Å². The number of anilines is 6. The van der Waals surface area contributed by atoms with Crippen LogP contribution in [0.1, 0.15) is 83.1 Å². The average Bonchev–Trinajstić information content (AvgIpc) is 0.806. The number of β-amino-alcohol motifs (C(OH)–C–C–N with tert-alkyl or cyclic N) is 1. The number of aliphatic hydroxyl groups is 2. The first-order valence-corrected chi connectivity index (χ1v) is 31.0. The van der Waals surface area contributed by atoms with Crippen LogP contribution in [0.3, 0.4) is 0 Å². The largest absolute Gasteiger partial charge is 0.509 e. The van der Waals surface area contributed by atoms with Crippen LogP contribution in [0, 0.1) is 0 Å². The van der Waals surface area contributed by atoms with Gasteiger partial charge in [0.2, 0.25) is 0 Å². The molecule has 0 saturated carbocycles. The maximum absolute atomic E-state index is 12.7. The Labute approximate surface area is 538 Å². The Hall–Kier alpha value is -8.61. The van der Waals surface area contributed by atoms with Crippen LogP contribution in [-0.4, -0.2) is 163 Å². The molecular weight excluding hydrogens is 1150 g/mol. The van der Waals surface area contributed by atoms with Gasteiger partial charge in [0.15, 0.2) is 21.8 Å². The maximum Gasteiger partial charge on any atom is 0.509 e. The molecular formula is C71H84B3N6O11. The molecule has 1 unspecified atom stereocenters. The number of nitrogens with zero attached hydrogens (tertiary/aromatic N) is 5. The number of carbonyl (C=O) groups is 4. The van der Waals surface area contributed by atoms with E-state index in [1.165, 1.54) is 43.0 Å². The van der Waals surface area contributed by atoms with Gasteiger partial charge >= 0.3 is 24.4 Å². The van der Waals surface area contributed by atoms with Gasteiger partial charge in [0, 0.05) is 60.3 Å². The van der Waals surface area contributed by atoms with Crippen molar-refractivity contribution in [1.29, 1.82) is 0 Å². The van der Waals surface area contributed by atoms with Crippen molar-refractivity contribution in [2.75, 3.05) is 54.4 Å². The maximum atomic E-state index is 12.7. The molecule has 473 valence electrons. The topological polar surface area (TPSA) is 183 Å². The molecule has 0 bridgehead atoms. The van der Waals surface area contributed by atoms with Crippen molar-refractivity contribution in [2.24, 2.45) is 0 Å². The monoisotopic (exact) mass is 1230 g/mol. The predicted octanol–water partition coefficient (Wildman–Crippen LogP) is 8.62. The summed E-state index contributed by atoms with van der Waals surface area (Å²) in [7, 11) is 6.54. The van der Waals surface area contributed by atoms with Gasteiger partial charge in [-0.1, -0.05) is 160 Å². The molecule has 1 saturated heterocycles. The second-order valence-corrected chi connectivity index (χ2v) is 27.0. The first-order valence-electron chi connectivity index (χ1n) is 31.0. The summed E-state index contributed by atoms with van der Waals surface area (Å²) < 4.78 is 26.6. The fourth-order valence-electron chi connectivity index (χ4n) is 11.1. The number of carbonyl (C=O) groups excluding carboxylic acids is 4. The first kappa shape index (κ1) is 66.8. The Balaban J connectivity index is 0.000000148. The summed E-state index contributed by atoms with van der Waals surface area (Å²) in [6.07, 6.45) is 3.24. The molecule has 12 rings (SSSR count). The quantitative estimate of drug-likeness (QED) is 0.0662. The molecule has 20 heteroatoms. The number of fused-ring (bicyclic) bond motifs is 6. The minimum absolute atomic E-state index is 0.0375. The molecule has 1 fully saturated rings. The van der Waals surface area contributed by atoms with Gasteiger partial charge in [0.25, 0.3) is 0 Å². The van der Waals surface area contributed by atoms with Crippen molar-refractivity contribution < 1.29 is 53.1 Å². The molecule has 3 amide bonds. The number of nitrogens with one attached hydrogen (secondary N) is 1. The fraction of sp³-hybridized carbons (Fsp3) is 0.380. The van der Waals surface area contributed by atoms with Gasteiger partial charge in [-0.3, -0.25) is 0 Å². The molecule has 6 aliphatic heterocycles. The molecule has 0 aromatic heterocycles. The van der Waals surface area contributed by atoms with Gasteiger partial charge in [-0.25, -0.2) is 19.2 Å². The third-order valence-electron chi connectivity index (χ3n) is 14.9. The van der Waals surface area contributed by atoms with Crippen LogP contribution >= 0.6 is 0 Å². The Bertz CT molecular complexity index is 3430. The number of hydrogen-bond acceptors (Lipinski definition) is 14. The molecule has 6 aromatic carbocycles. The van der Waals surface area contributed by atoms with Crippen molar-refractivity contribution in [3.63, 3.8) is 0 Å². The highest BCUT2D eigenvalue weighted by atomic mass is 16.7. The normalized spacial score (nSPS) is 19.3. The Morgan fingerprint density at radius 3 is 1.23 bits per heavy atom. The first-order chi connectivity index (χ1) is 43.1. The van der Waals surface area contributed by atoms with E-state index in [2.05, 4.69) is 129 Å². The Morgan fingerprint density at radius 1 is 0.429 bits per heavy atom. The molecule has 5 atom stereocenters. The number of rotatable bonds is 3. The average molecular weight is 1230 g/mol. The van der Waals surface area contributed by atoms with Gasteiger partial charge in [0.1, 0.15) is 34.6 Å². The zero-order valence-corrected chi connectivity index (χ0v) is 54.3. The van der Waals surface area contributed by atoms with E-state index in [0.717, 1.165) is 33.7 Å². The number of amides is 3. The van der Waals surface area contributed by atoms with Crippen LogP contribution in [0.5, 0.6) is 0 Å². The van der Waals surface area contributed by atoms with E-state index in [0.29, 0.717) is 19.6 Å². The molecule has 91 heavy (non-hydrogen) atoms. The standard InChI is InChI=1S/C22H26BN2O4.C22H24BN2O2.C15H25NO5.C12H9BN/c1-22(2,3)29-21(28)24-12-18(20(27)19(26)13-24)25-16-10-6-4-8-14(16)23-15-9-5-7-11-17(15)25;1-22(2,3)27-21(26)24-14-8-9-16(15-24)25-19-12-6-4-10-17(19)23-18-11-5-7-13-20(18)25;1-14(2,3)20-12(17)16-9-7-8-11(10-16)19-13(18)21-15(4,5)6;1-3-7-11-9(5-1)13-10-6-2-4-8-12(10)14-11/h4-11,18-20,26-27H,12-13H2,1-3H3;4-13,16H,14-15H2,1-3H3;7-8,11H,9-10H2,1-6H3;1-8,14H/t18-,19-,20+;16-;;/m01../s1. The predicted molar refractivity (Wildman–Crippen MR) is 364 cm³/mol. The minimum atomic E-state index is -1.06. The molecule has 0 spiro atoms. The van der Waals surface area contributed by atoms with E-state index in [-0.39, 0.29) is 31.8 Å². The van der Waals surface area contributed by atoms with E-state index >= 15 is 0 Å². The summed E-state index contributed by atoms with van der Waals surface area (Å²) in [5.41, 5.74) is 11.2. The van der Waals surface area contributed by atoms with E-state index < -0.39 is 65.1 Å². The van der Waals surface area contributed by atoms with Crippen LogP contribution in [0.2, 0.25) is 0 Å². The number of aliphatic hydroxyl groups excluding tert-OH is 2. The van der Waals surface area contributed by atoms with Crippen molar-refractivity contribution in [3.8, 4) is 0 Å². The Morgan fingerprint density at radius 2 is 0.791 bits per heavy atom. The molecule has 6 heterocycles. The summed E-state index contributed by atoms with van der Waals surface area (Å²) in [6, 6.07) is 48.9. The van der Waals surface area contributed by atoms with E-state index in [1.807, 2.05) is 107 Å². The van der Waals surface area contributed by atoms with Crippen LogP contribution in [0.4, 0.5) is 53.3 Å². The molecule has 6 aromatic rings. The van der Waals surface area contributed by atoms with Gasteiger partial charge in [-0.2, -0.15) is 0 Å². The van der Waals surface area contributed by atoms with Crippen LogP contribution < -0.4 is 47.9 Å². The van der Waals surface area contributed by atoms with Crippen molar-refractivity contribution in [2.45, 2.75) is 136 Å². The van der Waals surface area contributed by atoms with Crippen LogP contribution in [0.25, 0.3) is 0 Å². The minimum Gasteiger partial charge on any atom is -0.444 e. The van der Waals surface area contributed by atoms with Gasteiger partial charge in [-0.05, 0) is 126 Å². The number of ether oxygens (including phenoxy) is 5. The molecule has 3 N–H and O–H groups in total. The number of piperidine rings is 1. The van der Waals surface area contributed by atoms with Gasteiger partial charge in [0.05, 0.1) is 31.3 Å². The van der Waals surface area contributed by atoms with Crippen molar-refractivity contribution >= 4 is 113 Å². The summed E-state index contributed by atoms with van der Waals surface area (Å²) in [5.74, 6) is 0. The second kappa shape index (κ2) is 28.3. The Kier molecular flexibility index (Phi) is 20.8. The summed E-state index contributed by atoms with van der Waals surface area (Å²) in [5, 5.41) is 24.9. The highest BCUT2D eigenvalue weighted by Crippen LogP contribution is 2.34. The van der Waals surface area contributed by atoms with E-state index in [9.17, 15) is 29.4 Å². The highest BCUT2D eigenvalue weighted by molar-refractivity contribution is 6.72. The number of benzene rings is 6. The third-order valence-corrected chi connectivity index (χ3v) is 14.9. The fourth-order valence-corrected chi connectivity index (χ4v) is 11.1. The summed E-state index contributed by atoms with van der Waals surface area (Å²) >= 11 is 0. The lowest BCUT2D eigenvalue weighted by molar-refractivity contribution is -0.0561. The molecule has 6 aliphatic rings. The van der Waals surface area contributed by atoms with Crippen LogP contribution in [0.15, 0.2) is 170 Å². The number of likely N-dealkylation sites (tertiary alicyclic amines) is 1.